The van der Waals surface area contributed by atoms with E-state index in [-0.39, 0.29) is 0 Å². The fourth-order valence-electron chi connectivity index (χ4n) is 6.38. The van der Waals surface area contributed by atoms with Gasteiger partial charge in [0.05, 0.1) is 45.2 Å². The fraction of sp³-hybridized carbons (Fsp3) is 0. The summed E-state index contributed by atoms with van der Waals surface area (Å²) in [6, 6.07) is 37.8. The van der Waals surface area contributed by atoms with Crippen LogP contribution in [0.2, 0.25) is 0 Å². The van der Waals surface area contributed by atoms with Crippen molar-refractivity contribution >= 4 is 68.2 Å². The standard InChI is InChI=1S/C34H20N8OS/c1-5-13-28-22(9-1)41(23-10-2-6-14-29(23)43-28)21-17-26-32(40-20-36-38-34(40)33-37-35-19-39(26)33)27(18-21)42-24-11-3-7-15-30(24)44-31-16-8-4-12-25(31)42/h1-20H. The van der Waals surface area contributed by atoms with E-state index in [1.807, 2.05) is 45.2 Å². The molecule has 0 atom stereocenters. The molecule has 0 saturated carbocycles. The van der Waals surface area contributed by atoms with Crippen LogP contribution < -0.4 is 14.5 Å². The molecule has 10 rings (SSSR count). The van der Waals surface area contributed by atoms with Gasteiger partial charge in [-0.15, -0.1) is 20.4 Å². The first-order valence-corrected chi connectivity index (χ1v) is 15.0. The number of hydrogen-bond acceptors (Lipinski definition) is 8. The van der Waals surface area contributed by atoms with Crippen molar-refractivity contribution in [3.05, 3.63) is 122 Å². The zero-order valence-corrected chi connectivity index (χ0v) is 23.8. The van der Waals surface area contributed by atoms with E-state index in [9.17, 15) is 0 Å². The van der Waals surface area contributed by atoms with Crippen LogP contribution in [0.1, 0.15) is 0 Å². The Labute approximate surface area is 254 Å². The molecule has 8 aromatic rings. The Bertz CT molecular complexity index is 2360. The molecule has 0 bridgehead atoms. The Hall–Kier alpha value is -5.87. The van der Waals surface area contributed by atoms with E-state index in [2.05, 4.69) is 103 Å². The monoisotopic (exact) mass is 588 g/mol. The van der Waals surface area contributed by atoms with Gasteiger partial charge in [-0.1, -0.05) is 60.3 Å². The molecule has 0 fully saturated rings. The SMILES string of the molecule is c1ccc2c(c1)Oc1ccccc1N2c1cc(N2c3ccccc3Sc3ccccc32)c2c(c1)n1cnnc1c1nncn12. The highest BCUT2D eigenvalue weighted by Crippen LogP contribution is 2.55. The predicted molar refractivity (Wildman–Crippen MR) is 171 cm³/mol. The number of aromatic nitrogens is 6. The van der Waals surface area contributed by atoms with Crippen LogP contribution in [0.25, 0.3) is 22.3 Å². The minimum absolute atomic E-state index is 0.635. The number of benzene rings is 5. The molecule has 5 aromatic carbocycles. The van der Waals surface area contributed by atoms with Crippen molar-refractivity contribution in [2.45, 2.75) is 9.79 Å². The lowest BCUT2D eigenvalue weighted by Gasteiger charge is -2.36. The lowest BCUT2D eigenvalue weighted by molar-refractivity contribution is 0.477. The van der Waals surface area contributed by atoms with Crippen LogP contribution in [0.15, 0.2) is 132 Å². The molecule has 44 heavy (non-hydrogen) atoms. The molecule has 2 aliphatic heterocycles. The Morgan fingerprint density at radius 3 is 1.73 bits per heavy atom. The summed E-state index contributed by atoms with van der Waals surface area (Å²) in [6.45, 7) is 0. The normalized spacial score (nSPS) is 13.5. The van der Waals surface area contributed by atoms with Crippen molar-refractivity contribution in [2.75, 3.05) is 9.80 Å². The third kappa shape index (κ3) is 3.20. The Morgan fingerprint density at radius 1 is 0.523 bits per heavy atom. The number of nitrogens with zero attached hydrogens (tertiary/aromatic N) is 8. The third-order valence-corrected chi connectivity index (χ3v) is 9.34. The summed E-state index contributed by atoms with van der Waals surface area (Å²) in [5.41, 5.74) is 9.17. The van der Waals surface area contributed by atoms with Crippen molar-refractivity contribution in [1.29, 1.82) is 0 Å². The molecule has 0 unspecified atom stereocenters. The molecule has 0 spiro atoms. The fourth-order valence-corrected chi connectivity index (χ4v) is 7.44. The van der Waals surface area contributed by atoms with Gasteiger partial charge in [-0.3, -0.25) is 8.80 Å². The first-order chi connectivity index (χ1) is 21.8. The molecule has 9 nitrogen and oxygen atoms in total. The number of rotatable bonds is 2. The molecule has 0 N–H and O–H groups in total. The Morgan fingerprint density at radius 2 is 1.07 bits per heavy atom. The second-order valence-corrected chi connectivity index (χ2v) is 11.7. The van der Waals surface area contributed by atoms with E-state index >= 15 is 0 Å². The van der Waals surface area contributed by atoms with Gasteiger partial charge >= 0.3 is 0 Å². The van der Waals surface area contributed by atoms with Gasteiger partial charge in [0.15, 0.2) is 11.5 Å². The molecule has 3 aromatic heterocycles. The number of ether oxygens (including phenoxy) is 1. The van der Waals surface area contributed by atoms with Crippen molar-refractivity contribution in [1.82, 2.24) is 29.2 Å². The smallest absolute Gasteiger partial charge is 0.206 e. The van der Waals surface area contributed by atoms with Crippen molar-refractivity contribution < 1.29 is 4.74 Å². The van der Waals surface area contributed by atoms with Gasteiger partial charge in [-0.05, 0) is 60.7 Å². The highest BCUT2D eigenvalue weighted by molar-refractivity contribution is 7.99. The number of anilines is 6. The third-order valence-electron chi connectivity index (χ3n) is 8.21. The van der Waals surface area contributed by atoms with E-state index in [4.69, 9.17) is 4.74 Å². The average molecular weight is 589 g/mol. The second-order valence-electron chi connectivity index (χ2n) is 10.6. The first kappa shape index (κ1) is 23.7. The van der Waals surface area contributed by atoms with Crippen molar-refractivity contribution in [3.63, 3.8) is 0 Å². The molecule has 5 heterocycles. The molecule has 0 amide bonds. The number of para-hydroxylation sites is 6. The van der Waals surface area contributed by atoms with Gasteiger partial charge < -0.3 is 14.5 Å². The van der Waals surface area contributed by atoms with Gasteiger partial charge in [0.25, 0.3) is 0 Å². The lowest BCUT2D eigenvalue weighted by atomic mass is 10.1. The summed E-state index contributed by atoms with van der Waals surface area (Å²) < 4.78 is 10.4. The summed E-state index contributed by atoms with van der Waals surface area (Å²) in [7, 11) is 0. The maximum atomic E-state index is 6.36. The zero-order valence-electron chi connectivity index (χ0n) is 22.9. The molecule has 208 valence electrons. The zero-order chi connectivity index (χ0) is 28.8. The van der Waals surface area contributed by atoms with Gasteiger partial charge in [-0.25, -0.2) is 0 Å². The van der Waals surface area contributed by atoms with Gasteiger partial charge in [0.1, 0.15) is 12.7 Å². The summed E-state index contributed by atoms with van der Waals surface area (Å²) in [5.74, 6) is 1.59. The molecule has 0 saturated heterocycles. The Kier molecular flexibility index (Phi) is 4.74. The van der Waals surface area contributed by atoms with Crippen molar-refractivity contribution in [2.24, 2.45) is 0 Å². The number of fused-ring (bicyclic) bond motifs is 10. The quantitative estimate of drug-likeness (QED) is 0.199. The molecule has 0 radical (unpaired) electrons. The molecule has 2 aliphatic rings. The van der Waals surface area contributed by atoms with Crippen molar-refractivity contribution in [3.8, 4) is 11.5 Å². The van der Waals surface area contributed by atoms with E-state index in [0.29, 0.717) is 11.3 Å². The van der Waals surface area contributed by atoms with E-state index in [0.717, 1.165) is 56.7 Å². The summed E-state index contributed by atoms with van der Waals surface area (Å²) >= 11 is 1.78. The summed E-state index contributed by atoms with van der Waals surface area (Å²) in [6.07, 6.45) is 3.50. The number of hydrogen-bond donors (Lipinski definition) is 0. The van der Waals surface area contributed by atoms with Crippen LogP contribution in [0.4, 0.5) is 34.1 Å². The van der Waals surface area contributed by atoms with E-state index in [1.165, 1.54) is 9.79 Å². The van der Waals surface area contributed by atoms with Crippen LogP contribution in [-0.4, -0.2) is 29.2 Å². The highest BCUT2D eigenvalue weighted by Gasteiger charge is 2.31. The minimum Gasteiger partial charge on any atom is -0.453 e. The predicted octanol–water partition coefficient (Wildman–Crippen LogP) is 8.44. The topological polar surface area (TPSA) is 76.1 Å². The van der Waals surface area contributed by atoms with Gasteiger partial charge in [-0.2, -0.15) is 0 Å². The van der Waals surface area contributed by atoms with Crippen LogP contribution in [-0.2, 0) is 0 Å². The van der Waals surface area contributed by atoms with E-state index in [1.54, 1.807) is 24.4 Å². The van der Waals surface area contributed by atoms with Crippen LogP contribution in [0.5, 0.6) is 11.5 Å². The maximum Gasteiger partial charge on any atom is 0.206 e. The lowest BCUT2D eigenvalue weighted by Crippen LogP contribution is -2.19. The van der Waals surface area contributed by atoms with Gasteiger partial charge in [0, 0.05) is 9.79 Å². The molecular formula is C34H20N8OS. The van der Waals surface area contributed by atoms with E-state index < -0.39 is 0 Å². The minimum atomic E-state index is 0.635. The highest BCUT2D eigenvalue weighted by atomic mass is 32.2. The molecule has 10 heteroatoms. The second kappa shape index (κ2) is 8.82. The molecule has 0 aliphatic carbocycles. The Balaban J connectivity index is 1.37. The molecular weight excluding hydrogens is 568 g/mol. The van der Waals surface area contributed by atoms with Gasteiger partial charge in [0.2, 0.25) is 11.3 Å². The van der Waals surface area contributed by atoms with Crippen LogP contribution in [0, 0.1) is 0 Å². The first-order valence-electron chi connectivity index (χ1n) is 14.1. The maximum absolute atomic E-state index is 6.36. The van der Waals surface area contributed by atoms with Crippen LogP contribution in [0.3, 0.4) is 0 Å². The summed E-state index contributed by atoms with van der Waals surface area (Å²) in [4.78, 5) is 6.97. The summed E-state index contributed by atoms with van der Waals surface area (Å²) in [5, 5.41) is 17.5. The largest absolute Gasteiger partial charge is 0.453 e. The average Bonchev–Trinajstić information content (AvgIpc) is 3.76. The van der Waals surface area contributed by atoms with Crippen LogP contribution >= 0.6 is 11.8 Å².